The van der Waals surface area contributed by atoms with E-state index in [-0.39, 0.29) is 6.42 Å². The lowest BCUT2D eigenvalue weighted by molar-refractivity contribution is -0.693. The van der Waals surface area contributed by atoms with Crippen molar-refractivity contribution in [2.75, 3.05) is 0 Å². The minimum Gasteiger partial charge on any atom is -0.324 e. The number of nitrogens with zero attached hydrogens (tertiary/aromatic N) is 1. The van der Waals surface area contributed by atoms with Gasteiger partial charge in [0.1, 0.15) is 6.54 Å². The van der Waals surface area contributed by atoms with Crippen molar-refractivity contribution in [3.63, 3.8) is 0 Å². The van der Waals surface area contributed by atoms with Crippen LogP contribution in [0.1, 0.15) is 12.5 Å². The zero-order valence-corrected chi connectivity index (χ0v) is 11.5. The van der Waals surface area contributed by atoms with Crippen LogP contribution in [0.2, 0.25) is 0 Å². The summed E-state index contributed by atoms with van der Waals surface area (Å²) in [6, 6.07) is 3.24. The van der Waals surface area contributed by atoms with Crippen LogP contribution >= 0.6 is 15.2 Å². The third-order valence-electron chi connectivity index (χ3n) is 2.48. The van der Waals surface area contributed by atoms with E-state index in [4.69, 9.17) is 19.6 Å². The molecule has 0 aromatic carbocycles. The van der Waals surface area contributed by atoms with E-state index in [1.165, 1.54) is 0 Å². The van der Waals surface area contributed by atoms with E-state index >= 15 is 0 Å². The lowest BCUT2D eigenvalue weighted by atomic mass is 10.2. The van der Waals surface area contributed by atoms with Crippen LogP contribution in [-0.2, 0) is 22.1 Å². The molecule has 0 aliphatic rings. The second-order valence-electron chi connectivity index (χ2n) is 3.91. The molecule has 0 saturated heterocycles. The predicted molar refractivity (Wildman–Crippen MR) is 63.9 cm³/mol. The van der Waals surface area contributed by atoms with Crippen LogP contribution < -0.4 is 4.57 Å². The molecule has 0 amide bonds. The fourth-order valence-corrected chi connectivity index (χ4v) is 4.00. The van der Waals surface area contributed by atoms with Crippen molar-refractivity contribution in [1.29, 1.82) is 0 Å². The van der Waals surface area contributed by atoms with E-state index in [1.54, 1.807) is 29.1 Å². The fourth-order valence-electron chi connectivity index (χ4n) is 1.54. The SMILES string of the molecule is CC[n+]1cccc(CC(P(=O)(O)O)P(=O)(O)O)c1. The van der Waals surface area contributed by atoms with Gasteiger partial charge in [0.25, 0.3) is 0 Å². The summed E-state index contributed by atoms with van der Waals surface area (Å²) in [4.78, 5) is 36.1. The Kier molecular flexibility index (Phi) is 4.84. The molecule has 1 aromatic heterocycles. The van der Waals surface area contributed by atoms with Crippen LogP contribution in [0.5, 0.6) is 0 Å². The second-order valence-corrected chi connectivity index (χ2v) is 7.92. The first kappa shape index (κ1) is 15.5. The van der Waals surface area contributed by atoms with Crippen molar-refractivity contribution >= 4 is 15.2 Å². The summed E-state index contributed by atoms with van der Waals surface area (Å²) < 4.78 is 24.0. The minimum atomic E-state index is -4.86. The Balaban J connectivity index is 3.04. The van der Waals surface area contributed by atoms with Gasteiger partial charge in [-0.15, -0.1) is 0 Å². The molecule has 0 aliphatic carbocycles. The molecule has 0 fully saturated rings. The maximum Gasteiger partial charge on any atom is 0.341 e. The van der Waals surface area contributed by atoms with E-state index in [0.29, 0.717) is 12.1 Å². The lowest BCUT2D eigenvalue weighted by Crippen LogP contribution is -2.32. The summed E-state index contributed by atoms with van der Waals surface area (Å²) in [7, 11) is -9.72. The standard InChI is InChI=1S/C9H15NO6P2/c1-2-10-5-3-4-8(7-10)6-9(17(11,12)13)18(14,15)16/h3-5,7,9H,2,6H2,1H3,(H3-,11,12,13,14,15,16)/p+1. The summed E-state index contributed by atoms with van der Waals surface area (Å²) in [5.41, 5.74) is 0.469. The first-order valence-electron chi connectivity index (χ1n) is 5.23. The quantitative estimate of drug-likeness (QED) is 0.456. The van der Waals surface area contributed by atoms with Crippen LogP contribution in [0.4, 0.5) is 0 Å². The molecule has 7 nitrogen and oxygen atoms in total. The molecule has 1 heterocycles. The first-order valence-corrected chi connectivity index (χ1v) is 8.59. The molecule has 0 spiro atoms. The highest BCUT2D eigenvalue weighted by Crippen LogP contribution is 2.60. The number of pyridine rings is 1. The highest BCUT2D eigenvalue weighted by molar-refractivity contribution is 7.70. The number of aromatic nitrogens is 1. The van der Waals surface area contributed by atoms with Gasteiger partial charge in [-0.25, -0.2) is 4.57 Å². The van der Waals surface area contributed by atoms with Gasteiger partial charge in [0, 0.05) is 18.1 Å². The third-order valence-corrected chi connectivity index (χ3v) is 6.20. The van der Waals surface area contributed by atoms with Crippen LogP contribution in [0.25, 0.3) is 0 Å². The van der Waals surface area contributed by atoms with E-state index in [2.05, 4.69) is 0 Å². The number of aryl methyl sites for hydroxylation is 1. The Morgan fingerprint density at radius 2 is 1.78 bits per heavy atom. The monoisotopic (exact) mass is 296 g/mol. The topological polar surface area (TPSA) is 119 Å². The average Bonchev–Trinajstić information content (AvgIpc) is 2.23. The summed E-state index contributed by atoms with van der Waals surface area (Å²) in [6.45, 7) is 2.54. The van der Waals surface area contributed by atoms with Crippen molar-refractivity contribution in [3.05, 3.63) is 30.1 Å². The van der Waals surface area contributed by atoms with Crippen molar-refractivity contribution in [3.8, 4) is 0 Å². The van der Waals surface area contributed by atoms with Crippen LogP contribution in [0.15, 0.2) is 24.5 Å². The smallest absolute Gasteiger partial charge is 0.324 e. The van der Waals surface area contributed by atoms with Crippen LogP contribution in [-0.4, -0.2) is 25.0 Å². The van der Waals surface area contributed by atoms with Gasteiger partial charge >= 0.3 is 15.2 Å². The summed E-state index contributed by atoms with van der Waals surface area (Å²) in [6.07, 6.45) is 3.00. The lowest BCUT2D eigenvalue weighted by Gasteiger charge is -2.18. The van der Waals surface area contributed by atoms with E-state index < -0.39 is 20.6 Å². The molecule has 18 heavy (non-hydrogen) atoms. The summed E-state index contributed by atoms with van der Waals surface area (Å²) >= 11 is 0. The van der Waals surface area contributed by atoms with Gasteiger partial charge in [0.2, 0.25) is 0 Å². The van der Waals surface area contributed by atoms with Crippen LogP contribution in [0.3, 0.4) is 0 Å². The van der Waals surface area contributed by atoms with Gasteiger partial charge in [0.15, 0.2) is 17.8 Å². The van der Waals surface area contributed by atoms with Gasteiger partial charge in [-0.2, -0.15) is 0 Å². The highest BCUT2D eigenvalue weighted by Gasteiger charge is 2.43. The predicted octanol–water partition coefficient (Wildman–Crippen LogP) is 0.218. The Labute approximate surface area is 104 Å². The van der Waals surface area contributed by atoms with Crippen molar-refractivity contribution in [2.45, 2.75) is 25.3 Å². The molecule has 1 rings (SSSR count). The Morgan fingerprint density at radius 3 is 2.22 bits per heavy atom. The zero-order chi connectivity index (χ0) is 14.0. The number of hydrogen-bond acceptors (Lipinski definition) is 2. The van der Waals surface area contributed by atoms with E-state index in [1.807, 2.05) is 6.92 Å². The van der Waals surface area contributed by atoms with Crippen molar-refractivity contribution in [1.82, 2.24) is 0 Å². The Bertz CT molecular complexity index is 486. The molecule has 0 saturated carbocycles. The van der Waals surface area contributed by atoms with Gasteiger partial charge in [-0.3, -0.25) is 9.13 Å². The number of hydrogen-bond donors (Lipinski definition) is 4. The molecular formula is C9H16NO6P2+. The molecular weight excluding hydrogens is 280 g/mol. The van der Waals surface area contributed by atoms with Crippen molar-refractivity contribution in [2.24, 2.45) is 0 Å². The second kappa shape index (κ2) is 5.61. The summed E-state index contributed by atoms with van der Waals surface area (Å²) in [5.74, 6) is 0. The normalized spacial score (nSPS) is 13.0. The largest absolute Gasteiger partial charge is 0.341 e. The molecule has 0 bridgehead atoms. The van der Waals surface area contributed by atoms with Crippen LogP contribution in [0, 0.1) is 0 Å². The van der Waals surface area contributed by atoms with Gasteiger partial charge in [-0.05, 0) is 13.0 Å². The Morgan fingerprint density at radius 1 is 1.22 bits per heavy atom. The fraction of sp³-hybridized carbons (Fsp3) is 0.444. The first-order chi connectivity index (χ1) is 8.14. The average molecular weight is 296 g/mol. The highest BCUT2D eigenvalue weighted by atomic mass is 31.2. The van der Waals surface area contributed by atoms with Gasteiger partial charge < -0.3 is 19.6 Å². The maximum atomic E-state index is 11.1. The van der Waals surface area contributed by atoms with Gasteiger partial charge in [0.05, 0.1) is 0 Å². The minimum absolute atomic E-state index is 0.366. The van der Waals surface area contributed by atoms with Crippen molar-refractivity contribution < 1.29 is 33.3 Å². The molecule has 0 radical (unpaired) electrons. The molecule has 4 N–H and O–H groups in total. The molecule has 0 atom stereocenters. The zero-order valence-electron chi connectivity index (χ0n) is 9.75. The summed E-state index contributed by atoms with van der Waals surface area (Å²) in [5, 5.41) is -1.99. The Hall–Kier alpha value is -0.550. The maximum absolute atomic E-state index is 11.1. The number of rotatable bonds is 5. The molecule has 1 aromatic rings. The third kappa shape index (κ3) is 4.28. The molecule has 0 unspecified atom stereocenters. The molecule has 102 valence electrons. The van der Waals surface area contributed by atoms with E-state index in [0.717, 1.165) is 0 Å². The van der Waals surface area contributed by atoms with E-state index in [9.17, 15) is 9.13 Å². The molecule has 9 heteroatoms. The molecule has 0 aliphatic heterocycles. The van der Waals surface area contributed by atoms with Gasteiger partial charge in [-0.1, -0.05) is 0 Å².